The van der Waals surface area contributed by atoms with Gasteiger partial charge >= 0.3 is 5.97 Å². The Bertz CT molecular complexity index is 442. The van der Waals surface area contributed by atoms with Crippen LogP contribution in [0.15, 0.2) is 18.2 Å². The Morgan fingerprint density at radius 3 is 2.67 bits per heavy atom. The molecule has 1 aromatic carbocycles. The summed E-state index contributed by atoms with van der Waals surface area (Å²) in [4.78, 5) is 13.0. The second kappa shape index (κ2) is 5.59. The van der Waals surface area contributed by atoms with Crippen molar-refractivity contribution in [2.24, 2.45) is 0 Å². The van der Waals surface area contributed by atoms with Crippen molar-refractivity contribution in [2.45, 2.75) is 18.9 Å². The van der Waals surface area contributed by atoms with Crippen molar-refractivity contribution >= 4 is 17.6 Å². The van der Waals surface area contributed by atoms with E-state index in [4.69, 9.17) is 21.4 Å². The molecule has 1 saturated heterocycles. The van der Waals surface area contributed by atoms with E-state index in [1.165, 1.54) is 12.1 Å². The highest BCUT2D eigenvalue weighted by Gasteiger charge is 2.19. The molecule has 0 amide bonds. The maximum Gasteiger partial charge on any atom is 0.335 e. The van der Waals surface area contributed by atoms with Crippen LogP contribution in [0.3, 0.4) is 0 Å². The van der Waals surface area contributed by atoms with Gasteiger partial charge in [0.25, 0.3) is 0 Å². The predicted octanol–water partition coefficient (Wildman–Crippen LogP) is 2.51. The molecule has 0 radical (unpaired) electrons. The van der Waals surface area contributed by atoms with Gasteiger partial charge in [0.1, 0.15) is 11.9 Å². The van der Waals surface area contributed by atoms with Crippen molar-refractivity contribution in [3.05, 3.63) is 28.8 Å². The predicted molar refractivity (Wildman–Crippen MR) is 69.6 cm³/mol. The van der Waals surface area contributed by atoms with E-state index in [-0.39, 0.29) is 11.7 Å². The first-order valence-corrected chi connectivity index (χ1v) is 6.32. The minimum absolute atomic E-state index is 0.161. The Kier molecular flexibility index (Phi) is 4.09. The van der Waals surface area contributed by atoms with Gasteiger partial charge in [-0.05, 0) is 38.1 Å². The third-order valence-corrected chi connectivity index (χ3v) is 3.43. The number of carboxylic acids is 1. The maximum atomic E-state index is 10.8. The highest BCUT2D eigenvalue weighted by Crippen LogP contribution is 2.28. The number of aromatic carboxylic acids is 1. The topological polar surface area (TPSA) is 49.8 Å². The number of hydrogen-bond donors (Lipinski definition) is 1. The van der Waals surface area contributed by atoms with E-state index >= 15 is 0 Å². The molecule has 1 aromatic rings. The molecule has 0 saturated carbocycles. The fourth-order valence-corrected chi connectivity index (χ4v) is 2.24. The Morgan fingerprint density at radius 1 is 1.44 bits per heavy atom. The summed E-state index contributed by atoms with van der Waals surface area (Å²) in [6.07, 6.45) is 2.09. The highest BCUT2D eigenvalue weighted by molar-refractivity contribution is 6.32. The van der Waals surface area contributed by atoms with Gasteiger partial charge in [0.05, 0.1) is 10.6 Å². The molecule has 0 aliphatic carbocycles. The summed E-state index contributed by atoms with van der Waals surface area (Å²) in [6, 6.07) is 4.57. The smallest absolute Gasteiger partial charge is 0.335 e. The molecular formula is C13H16ClNO3. The molecule has 4 nitrogen and oxygen atoms in total. The summed E-state index contributed by atoms with van der Waals surface area (Å²) in [5.74, 6) is -0.418. The molecule has 1 aliphatic heterocycles. The van der Waals surface area contributed by atoms with Crippen molar-refractivity contribution in [1.82, 2.24) is 4.90 Å². The summed E-state index contributed by atoms with van der Waals surface area (Å²) >= 11 is 6.02. The van der Waals surface area contributed by atoms with Crippen LogP contribution < -0.4 is 4.74 Å². The van der Waals surface area contributed by atoms with Gasteiger partial charge in [-0.15, -0.1) is 0 Å². The van der Waals surface area contributed by atoms with Crippen molar-refractivity contribution in [2.75, 3.05) is 20.1 Å². The quantitative estimate of drug-likeness (QED) is 0.916. The van der Waals surface area contributed by atoms with Gasteiger partial charge in [-0.25, -0.2) is 4.79 Å². The van der Waals surface area contributed by atoms with Gasteiger partial charge in [-0.3, -0.25) is 0 Å². The molecular weight excluding hydrogens is 254 g/mol. The zero-order valence-corrected chi connectivity index (χ0v) is 11.0. The molecule has 98 valence electrons. The van der Waals surface area contributed by atoms with E-state index in [0.717, 1.165) is 25.9 Å². The van der Waals surface area contributed by atoms with Crippen LogP contribution in [0.4, 0.5) is 0 Å². The minimum atomic E-state index is -0.984. The second-order valence-electron chi connectivity index (χ2n) is 4.57. The van der Waals surface area contributed by atoms with E-state index < -0.39 is 5.97 Å². The molecule has 1 aliphatic rings. The van der Waals surface area contributed by atoms with Crippen LogP contribution in [-0.4, -0.2) is 42.2 Å². The molecule has 18 heavy (non-hydrogen) atoms. The van der Waals surface area contributed by atoms with Gasteiger partial charge in [0, 0.05) is 13.1 Å². The van der Waals surface area contributed by atoms with Crippen LogP contribution in [0.1, 0.15) is 23.2 Å². The largest absolute Gasteiger partial charge is 0.489 e. The van der Waals surface area contributed by atoms with Gasteiger partial charge in [0.15, 0.2) is 0 Å². The summed E-state index contributed by atoms with van der Waals surface area (Å²) in [6.45, 7) is 2.02. The number of nitrogens with zero attached hydrogens (tertiary/aromatic N) is 1. The summed E-state index contributed by atoms with van der Waals surface area (Å²) in [7, 11) is 2.09. The zero-order valence-electron chi connectivity index (χ0n) is 10.2. The molecule has 0 aromatic heterocycles. The highest BCUT2D eigenvalue weighted by atomic mass is 35.5. The molecule has 5 heteroatoms. The van der Waals surface area contributed by atoms with Crippen LogP contribution in [-0.2, 0) is 0 Å². The van der Waals surface area contributed by atoms with Gasteiger partial charge in [-0.1, -0.05) is 11.6 Å². The second-order valence-corrected chi connectivity index (χ2v) is 4.98. The molecule has 1 fully saturated rings. The number of halogens is 1. The zero-order chi connectivity index (χ0) is 13.1. The molecule has 1 N–H and O–H groups in total. The van der Waals surface area contributed by atoms with Crippen LogP contribution in [0.5, 0.6) is 5.75 Å². The third kappa shape index (κ3) is 3.15. The number of carboxylic acid groups (broad SMARTS) is 1. The average Bonchev–Trinajstić information content (AvgIpc) is 2.34. The number of ether oxygens (including phenoxy) is 1. The monoisotopic (exact) mass is 269 g/mol. The lowest BCUT2D eigenvalue weighted by atomic mass is 10.1. The Labute approximate surface area is 111 Å². The molecule has 0 bridgehead atoms. The van der Waals surface area contributed by atoms with Crippen molar-refractivity contribution in [1.29, 1.82) is 0 Å². The normalized spacial score (nSPS) is 17.7. The third-order valence-electron chi connectivity index (χ3n) is 3.14. The van der Waals surface area contributed by atoms with Crippen molar-refractivity contribution in [3.8, 4) is 5.75 Å². The Hall–Kier alpha value is -1.26. The van der Waals surface area contributed by atoms with E-state index in [9.17, 15) is 4.79 Å². The lowest BCUT2D eigenvalue weighted by molar-refractivity contribution is 0.0696. The van der Waals surface area contributed by atoms with Crippen molar-refractivity contribution in [3.63, 3.8) is 0 Å². The molecule has 2 rings (SSSR count). The molecule has 0 atom stereocenters. The Balaban J connectivity index is 2.03. The van der Waals surface area contributed by atoms with Crippen LogP contribution in [0.25, 0.3) is 0 Å². The van der Waals surface area contributed by atoms with Crippen LogP contribution in [0.2, 0.25) is 5.02 Å². The van der Waals surface area contributed by atoms with E-state index in [1.54, 1.807) is 6.07 Å². The van der Waals surface area contributed by atoms with Crippen molar-refractivity contribution < 1.29 is 14.6 Å². The SMILES string of the molecule is CN1CCC(Oc2ccc(C(=O)O)cc2Cl)CC1. The number of hydrogen-bond acceptors (Lipinski definition) is 3. The lowest BCUT2D eigenvalue weighted by Crippen LogP contribution is -2.35. The standard InChI is InChI=1S/C13H16ClNO3/c1-15-6-4-10(5-7-15)18-12-3-2-9(13(16)17)8-11(12)14/h2-3,8,10H,4-7H2,1H3,(H,16,17). The molecule has 0 spiro atoms. The average molecular weight is 270 g/mol. The van der Waals surface area contributed by atoms with Gasteiger partial charge in [0.2, 0.25) is 0 Å². The minimum Gasteiger partial charge on any atom is -0.489 e. The number of carbonyl (C=O) groups is 1. The van der Waals surface area contributed by atoms with E-state index in [1.807, 2.05) is 0 Å². The fourth-order valence-electron chi connectivity index (χ4n) is 2.01. The van der Waals surface area contributed by atoms with Gasteiger partial charge < -0.3 is 14.7 Å². The van der Waals surface area contributed by atoms with Crippen LogP contribution in [0, 0.1) is 0 Å². The van der Waals surface area contributed by atoms with E-state index in [2.05, 4.69) is 11.9 Å². The number of piperidine rings is 1. The number of rotatable bonds is 3. The first-order chi connectivity index (χ1) is 8.56. The van der Waals surface area contributed by atoms with Gasteiger partial charge in [-0.2, -0.15) is 0 Å². The van der Waals surface area contributed by atoms with E-state index in [0.29, 0.717) is 10.8 Å². The summed E-state index contributed by atoms with van der Waals surface area (Å²) in [5.41, 5.74) is 0.177. The first-order valence-electron chi connectivity index (χ1n) is 5.94. The summed E-state index contributed by atoms with van der Waals surface area (Å²) < 4.78 is 5.82. The molecule has 1 heterocycles. The Morgan fingerprint density at radius 2 is 2.11 bits per heavy atom. The summed E-state index contributed by atoms with van der Waals surface area (Å²) in [5, 5.41) is 9.20. The fraction of sp³-hybridized carbons (Fsp3) is 0.462. The van der Waals surface area contributed by atoms with Crippen LogP contribution >= 0.6 is 11.6 Å². The number of likely N-dealkylation sites (tertiary alicyclic amines) is 1. The lowest BCUT2D eigenvalue weighted by Gasteiger charge is -2.29. The first kappa shape index (κ1) is 13.2. The molecule has 0 unspecified atom stereocenters. The maximum absolute atomic E-state index is 10.8. The number of benzene rings is 1.